The van der Waals surface area contributed by atoms with E-state index >= 15 is 4.39 Å². The van der Waals surface area contributed by atoms with E-state index < -0.39 is 29.2 Å². The van der Waals surface area contributed by atoms with Gasteiger partial charge in [0.05, 0.1) is 17.2 Å². The van der Waals surface area contributed by atoms with Gasteiger partial charge in [0.1, 0.15) is 0 Å². The molecule has 4 heterocycles. The molecule has 7 nitrogen and oxygen atoms in total. The Balaban J connectivity index is 1.67. The van der Waals surface area contributed by atoms with E-state index in [1.807, 2.05) is 10.6 Å². The fraction of sp³-hybridized carbons (Fsp3) is 0.400. The zero-order valence-electron chi connectivity index (χ0n) is 18.7. The van der Waals surface area contributed by atoms with Crippen LogP contribution in [0.3, 0.4) is 0 Å². The first-order valence-electron chi connectivity index (χ1n) is 11.7. The van der Waals surface area contributed by atoms with Gasteiger partial charge in [0.25, 0.3) is 0 Å². The van der Waals surface area contributed by atoms with Gasteiger partial charge in [-0.3, -0.25) is 5.10 Å². The molecule has 182 valence electrons. The number of pyridine rings is 1. The number of aliphatic carboxylic acids is 1. The average Bonchev–Trinajstić information content (AvgIpc) is 3.55. The lowest BCUT2D eigenvalue weighted by Gasteiger charge is -2.27. The Labute approximate surface area is 197 Å². The van der Waals surface area contributed by atoms with Crippen LogP contribution in [0.1, 0.15) is 55.2 Å². The number of carboxylic acid groups (broad SMARTS) is 1. The smallest absolute Gasteiger partial charge is 0.341 e. The summed E-state index contributed by atoms with van der Waals surface area (Å²) in [4.78, 5) is 16.5. The molecule has 6 rings (SSSR count). The fourth-order valence-electron chi connectivity index (χ4n) is 5.73. The quantitative estimate of drug-likeness (QED) is 0.419. The highest BCUT2D eigenvalue weighted by atomic mass is 19.2. The van der Waals surface area contributed by atoms with E-state index in [0.717, 1.165) is 28.8 Å². The number of hydrogen-bond donors (Lipinski definition) is 2. The van der Waals surface area contributed by atoms with Crippen molar-refractivity contribution in [3.8, 4) is 5.69 Å². The minimum atomic E-state index is -2.31. The first-order valence-corrected chi connectivity index (χ1v) is 11.7. The Kier molecular flexibility index (Phi) is 5.10. The number of aromatic nitrogens is 4. The lowest BCUT2D eigenvalue weighted by atomic mass is 9.86. The number of nitrogens with one attached hydrogen (secondary N) is 1. The predicted octanol–water partition coefficient (Wildman–Crippen LogP) is 5.13. The van der Waals surface area contributed by atoms with Gasteiger partial charge in [-0.05, 0) is 56.2 Å². The minimum Gasteiger partial charge on any atom is -0.479 e. The van der Waals surface area contributed by atoms with Gasteiger partial charge in [0.15, 0.2) is 17.3 Å². The number of alkyl halides is 1. The van der Waals surface area contributed by atoms with Gasteiger partial charge in [-0.25, -0.2) is 22.9 Å². The lowest BCUT2D eigenvalue weighted by Crippen LogP contribution is -2.30. The molecular formula is C25H23F3N4O3. The van der Waals surface area contributed by atoms with Crippen molar-refractivity contribution in [2.45, 2.75) is 49.6 Å². The number of fused-ring (bicyclic) bond motifs is 2. The standard InChI is InChI=1S/C25H23F3N4O3/c26-17-2-1-16(10-18(17)27)32-19-9-15-12-29-31-23(15)30-21(19)20(22(32)13-4-7-35-8-5-13)14-3-6-25(28,11-14)24(33)34/h1-2,9-10,12-14H,3-8,11H2,(H,33,34)(H,29,30,31)/t14?,25-/m0/s1. The fourth-order valence-corrected chi connectivity index (χ4v) is 5.73. The van der Waals surface area contributed by atoms with Crippen LogP contribution in [-0.4, -0.2) is 49.7 Å². The number of ether oxygens (including phenoxy) is 1. The summed E-state index contributed by atoms with van der Waals surface area (Å²) in [5, 5.41) is 17.2. The van der Waals surface area contributed by atoms with Crippen LogP contribution in [0, 0.1) is 11.6 Å². The van der Waals surface area contributed by atoms with Crippen LogP contribution in [0.25, 0.3) is 27.8 Å². The molecule has 1 saturated carbocycles. The van der Waals surface area contributed by atoms with Gasteiger partial charge < -0.3 is 14.4 Å². The molecule has 1 unspecified atom stereocenters. The third-order valence-corrected chi connectivity index (χ3v) is 7.44. The highest BCUT2D eigenvalue weighted by Crippen LogP contribution is 2.50. The Bertz CT molecular complexity index is 1460. The number of hydrogen-bond acceptors (Lipinski definition) is 4. The maximum Gasteiger partial charge on any atom is 0.341 e. The molecule has 2 atom stereocenters. The normalized spacial score (nSPS) is 23.5. The van der Waals surface area contributed by atoms with Gasteiger partial charge in [-0.1, -0.05) is 0 Å². The van der Waals surface area contributed by atoms with Crippen molar-refractivity contribution in [1.29, 1.82) is 0 Å². The molecule has 0 spiro atoms. The molecule has 35 heavy (non-hydrogen) atoms. The maximum atomic E-state index is 15.2. The molecule has 1 aliphatic heterocycles. The Morgan fingerprint density at radius 1 is 1.14 bits per heavy atom. The van der Waals surface area contributed by atoms with Crippen LogP contribution < -0.4 is 0 Å². The van der Waals surface area contributed by atoms with Gasteiger partial charge >= 0.3 is 5.97 Å². The molecule has 1 aromatic carbocycles. The number of rotatable bonds is 4. The SMILES string of the molecule is O=C(O)[C@]1(F)CCC(c2c(C3CCOCC3)n(-c3ccc(F)c(F)c3)c3cc4cn[nH]c4nc23)C1. The summed E-state index contributed by atoms with van der Waals surface area (Å²) in [6, 6.07) is 5.62. The van der Waals surface area contributed by atoms with Crippen LogP contribution in [0.15, 0.2) is 30.5 Å². The van der Waals surface area contributed by atoms with E-state index in [0.29, 0.717) is 54.8 Å². The monoisotopic (exact) mass is 484 g/mol. The second-order valence-electron chi connectivity index (χ2n) is 9.49. The number of halogens is 3. The number of carboxylic acids is 1. The number of carbonyl (C=O) groups is 1. The number of aromatic amines is 1. The van der Waals surface area contributed by atoms with Crippen LogP contribution >= 0.6 is 0 Å². The van der Waals surface area contributed by atoms with Crippen LogP contribution in [0.4, 0.5) is 13.2 Å². The molecule has 1 aliphatic carbocycles. The van der Waals surface area contributed by atoms with Gasteiger partial charge in [-0.15, -0.1) is 0 Å². The molecule has 0 amide bonds. The topological polar surface area (TPSA) is 93.0 Å². The summed E-state index contributed by atoms with van der Waals surface area (Å²) in [7, 11) is 0. The zero-order valence-corrected chi connectivity index (χ0v) is 18.7. The summed E-state index contributed by atoms with van der Waals surface area (Å²) in [6.45, 7) is 1.07. The summed E-state index contributed by atoms with van der Waals surface area (Å²) in [5.41, 5.74) is 1.51. The third-order valence-electron chi connectivity index (χ3n) is 7.44. The van der Waals surface area contributed by atoms with Gasteiger partial charge in [-0.2, -0.15) is 5.10 Å². The van der Waals surface area contributed by atoms with Crippen LogP contribution in [0.5, 0.6) is 0 Å². The molecule has 2 N–H and O–H groups in total. The van der Waals surface area contributed by atoms with E-state index in [2.05, 4.69) is 10.2 Å². The largest absolute Gasteiger partial charge is 0.479 e. The van der Waals surface area contributed by atoms with Gasteiger partial charge in [0, 0.05) is 47.5 Å². The second kappa shape index (κ2) is 8.08. The van der Waals surface area contributed by atoms with Crippen molar-refractivity contribution in [3.05, 3.63) is 53.4 Å². The van der Waals surface area contributed by atoms with Crippen molar-refractivity contribution >= 4 is 28.0 Å². The van der Waals surface area contributed by atoms with Crippen LogP contribution in [0.2, 0.25) is 0 Å². The molecule has 2 fully saturated rings. The maximum absolute atomic E-state index is 15.2. The first-order chi connectivity index (χ1) is 16.9. The second-order valence-corrected chi connectivity index (χ2v) is 9.49. The first kappa shape index (κ1) is 22.1. The Morgan fingerprint density at radius 2 is 1.94 bits per heavy atom. The Morgan fingerprint density at radius 3 is 2.66 bits per heavy atom. The van der Waals surface area contributed by atoms with Crippen molar-refractivity contribution < 1.29 is 27.8 Å². The summed E-state index contributed by atoms with van der Waals surface area (Å²) in [5.74, 6) is -3.78. The average molecular weight is 484 g/mol. The van der Waals surface area contributed by atoms with Crippen molar-refractivity contribution in [2.75, 3.05) is 13.2 Å². The Hall–Kier alpha value is -3.40. The van der Waals surface area contributed by atoms with Gasteiger partial charge in [0.2, 0.25) is 5.67 Å². The number of nitrogens with zero attached hydrogens (tertiary/aromatic N) is 3. The zero-order chi connectivity index (χ0) is 24.3. The van der Waals surface area contributed by atoms with E-state index in [1.54, 1.807) is 6.20 Å². The number of H-pyrrole nitrogens is 1. The molecule has 4 aromatic rings. The van der Waals surface area contributed by atoms with E-state index in [-0.39, 0.29) is 18.8 Å². The summed E-state index contributed by atoms with van der Waals surface area (Å²) in [6.07, 6.45) is 3.10. The van der Waals surface area contributed by atoms with Crippen LogP contribution in [-0.2, 0) is 9.53 Å². The predicted molar refractivity (Wildman–Crippen MR) is 121 cm³/mol. The molecule has 3 aromatic heterocycles. The molecule has 0 bridgehead atoms. The van der Waals surface area contributed by atoms with E-state index in [4.69, 9.17) is 9.72 Å². The lowest BCUT2D eigenvalue weighted by molar-refractivity contribution is -0.150. The summed E-state index contributed by atoms with van der Waals surface area (Å²) < 4.78 is 50.9. The minimum absolute atomic E-state index is 0.00281. The molecule has 10 heteroatoms. The van der Waals surface area contributed by atoms with Crippen molar-refractivity contribution in [1.82, 2.24) is 19.7 Å². The molecule has 1 saturated heterocycles. The molecule has 0 radical (unpaired) electrons. The molecule has 2 aliphatic rings. The third kappa shape index (κ3) is 3.50. The summed E-state index contributed by atoms with van der Waals surface area (Å²) >= 11 is 0. The number of benzene rings is 1. The highest BCUT2D eigenvalue weighted by molar-refractivity contribution is 5.94. The highest BCUT2D eigenvalue weighted by Gasteiger charge is 2.48. The molecular weight excluding hydrogens is 461 g/mol. The van der Waals surface area contributed by atoms with Crippen molar-refractivity contribution in [2.24, 2.45) is 0 Å². The van der Waals surface area contributed by atoms with E-state index in [9.17, 15) is 18.7 Å². The van der Waals surface area contributed by atoms with Crippen molar-refractivity contribution in [3.63, 3.8) is 0 Å². The van der Waals surface area contributed by atoms with E-state index in [1.165, 1.54) is 6.07 Å².